The summed E-state index contributed by atoms with van der Waals surface area (Å²) in [6.07, 6.45) is 0.842. The molecule has 1 atom stereocenters. The molecule has 1 N–H and O–H groups in total. The maximum absolute atomic E-state index is 13.3. The number of amides is 1. The van der Waals surface area contributed by atoms with Crippen molar-refractivity contribution in [3.8, 4) is 17.2 Å². The summed E-state index contributed by atoms with van der Waals surface area (Å²) in [4.78, 5) is 30.3. The van der Waals surface area contributed by atoms with Crippen LogP contribution in [0.4, 0.5) is 0 Å². The number of Topliss-reactive ketones (excluding diaryl/α,β-unsaturated/α-hetero) is 1. The van der Waals surface area contributed by atoms with Gasteiger partial charge in [-0.3, -0.25) is 14.5 Å². The van der Waals surface area contributed by atoms with Crippen LogP contribution in [-0.2, 0) is 14.3 Å². The second-order valence-electron chi connectivity index (χ2n) is 8.93. The number of morpholine rings is 1. The summed E-state index contributed by atoms with van der Waals surface area (Å²) in [5.74, 6) is 0.100. The first-order valence-electron chi connectivity index (χ1n) is 12.5. The fourth-order valence-corrected chi connectivity index (χ4v) is 4.62. The van der Waals surface area contributed by atoms with Crippen molar-refractivity contribution in [2.24, 2.45) is 0 Å². The van der Waals surface area contributed by atoms with Gasteiger partial charge in [0.15, 0.2) is 11.5 Å². The molecule has 2 aliphatic rings. The molecule has 37 heavy (non-hydrogen) atoms. The van der Waals surface area contributed by atoms with Crippen LogP contribution in [0.15, 0.2) is 48.0 Å². The number of carbonyl (C=O) groups excluding carboxylic acids is 2. The lowest BCUT2D eigenvalue weighted by Crippen LogP contribution is -2.42. The fourth-order valence-electron chi connectivity index (χ4n) is 4.62. The quantitative estimate of drug-likeness (QED) is 0.296. The SMILES string of the molecule is CCCOc1ccc([C@@H]2/C(=C(\O)c3ccc(OC)cc3)C(=O)C(=O)N2CCN2CCOCC2)cc1OC. The molecule has 2 aliphatic heterocycles. The van der Waals surface area contributed by atoms with Crippen LogP contribution in [-0.4, -0.2) is 86.8 Å². The maximum atomic E-state index is 13.3. The molecular weight excluding hydrogens is 476 g/mol. The Kier molecular flexibility index (Phi) is 8.68. The minimum atomic E-state index is -0.780. The molecule has 0 unspecified atom stereocenters. The zero-order valence-corrected chi connectivity index (χ0v) is 21.6. The van der Waals surface area contributed by atoms with E-state index >= 15 is 0 Å². The summed E-state index contributed by atoms with van der Waals surface area (Å²) in [6, 6.07) is 11.3. The zero-order valence-electron chi connectivity index (χ0n) is 21.6. The van der Waals surface area contributed by atoms with Gasteiger partial charge in [0.1, 0.15) is 11.5 Å². The van der Waals surface area contributed by atoms with Gasteiger partial charge in [0.25, 0.3) is 11.7 Å². The molecule has 2 saturated heterocycles. The Labute approximate surface area is 217 Å². The maximum Gasteiger partial charge on any atom is 0.295 e. The average Bonchev–Trinajstić information content (AvgIpc) is 3.20. The van der Waals surface area contributed by atoms with Crippen molar-refractivity contribution in [2.45, 2.75) is 19.4 Å². The molecule has 0 spiro atoms. The van der Waals surface area contributed by atoms with Gasteiger partial charge in [-0.25, -0.2) is 0 Å². The lowest BCUT2D eigenvalue weighted by Gasteiger charge is -2.31. The van der Waals surface area contributed by atoms with Crippen molar-refractivity contribution in [2.75, 3.05) is 60.2 Å². The lowest BCUT2D eigenvalue weighted by atomic mass is 9.95. The van der Waals surface area contributed by atoms with E-state index in [4.69, 9.17) is 18.9 Å². The molecule has 9 nitrogen and oxygen atoms in total. The van der Waals surface area contributed by atoms with E-state index < -0.39 is 17.7 Å². The number of aliphatic hydroxyl groups is 1. The van der Waals surface area contributed by atoms with E-state index in [0.717, 1.165) is 19.5 Å². The second-order valence-corrected chi connectivity index (χ2v) is 8.93. The molecule has 0 aliphatic carbocycles. The van der Waals surface area contributed by atoms with E-state index in [-0.39, 0.29) is 11.3 Å². The normalized spacial score (nSPS) is 19.8. The first-order valence-corrected chi connectivity index (χ1v) is 12.5. The first kappa shape index (κ1) is 26.5. The predicted molar refractivity (Wildman–Crippen MR) is 138 cm³/mol. The van der Waals surface area contributed by atoms with Crippen LogP contribution in [0.3, 0.4) is 0 Å². The van der Waals surface area contributed by atoms with Crippen LogP contribution in [0.1, 0.15) is 30.5 Å². The molecule has 198 valence electrons. The molecule has 0 bridgehead atoms. The van der Waals surface area contributed by atoms with Crippen LogP contribution in [0.25, 0.3) is 5.76 Å². The minimum absolute atomic E-state index is 0.0430. The van der Waals surface area contributed by atoms with Crippen molar-refractivity contribution < 1.29 is 33.6 Å². The van der Waals surface area contributed by atoms with Gasteiger partial charge in [-0.1, -0.05) is 13.0 Å². The van der Waals surface area contributed by atoms with Crippen LogP contribution >= 0.6 is 0 Å². The number of aliphatic hydroxyl groups excluding tert-OH is 1. The van der Waals surface area contributed by atoms with Gasteiger partial charge in [-0.05, 0) is 48.4 Å². The molecular formula is C28H34N2O7. The number of likely N-dealkylation sites (tertiary alicyclic amines) is 1. The molecule has 2 aromatic rings. The van der Waals surface area contributed by atoms with E-state index in [1.54, 1.807) is 50.6 Å². The monoisotopic (exact) mass is 510 g/mol. The summed E-state index contributed by atoms with van der Waals surface area (Å²) >= 11 is 0. The van der Waals surface area contributed by atoms with E-state index in [9.17, 15) is 14.7 Å². The van der Waals surface area contributed by atoms with Gasteiger partial charge in [0, 0.05) is 31.7 Å². The highest BCUT2D eigenvalue weighted by Crippen LogP contribution is 2.42. The van der Waals surface area contributed by atoms with Crippen molar-refractivity contribution >= 4 is 17.4 Å². The summed E-state index contributed by atoms with van der Waals surface area (Å²) in [5.41, 5.74) is 1.12. The third kappa shape index (κ3) is 5.73. The van der Waals surface area contributed by atoms with E-state index in [1.807, 2.05) is 13.0 Å². The Balaban J connectivity index is 1.75. The topological polar surface area (TPSA) is 97.8 Å². The summed E-state index contributed by atoms with van der Waals surface area (Å²) in [7, 11) is 3.10. The third-order valence-corrected chi connectivity index (χ3v) is 6.63. The number of rotatable bonds is 10. The van der Waals surface area contributed by atoms with Crippen LogP contribution in [0, 0.1) is 0 Å². The van der Waals surface area contributed by atoms with Crippen LogP contribution in [0.2, 0.25) is 0 Å². The number of hydrogen-bond acceptors (Lipinski definition) is 8. The van der Waals surface area contributed by atoms with Gasteiger partial charge in [0.05, 0.1) is 45.7 Å². The molecule has 4 rings (SSSR count). The Morgan fingerprint density at radius 1 is 1.00 bits per heavy atom. The Hall–Kier alpha value is -3.56. The van der Waals surface area contributed by atoms with E-state index in [0.29, 0.717) is 61.3 Å². The molecule has 2 fully saturated rings. The van der Waals surface area contributed by atoms with Gasteiger partial charge in [-0.2, -0.15) is 0 Å². The highest BCUT2D eigenvalue weighted by molar-refractivity contribution is 6.46. The van der Waals surface area contributed by atoms with Gasteiger partial charge in [-0.15, -0.1) is 0 Å². The first-order chi connectivity index (χ1) is 18.0. The number of nitrogens with zero attached hydrogens (tertiary/aromatic N) is 2. The van der Waals surface area contributed by atoms with Crippen molar-refractivity contribution in [3.05, 3.63) is 59.2 Å². The molecule has 1 amide bonds. The summed E-state index contributed by atoms with van der Waals surface area (Å²) < 4.78 is 22.0. The molecule has 0 saturated carbocycles. The lowest BCUT2D eigenvalue weighted by molar-refractivity contribution is -0.140. The largest absolute Gasteiger partial charge is 0.507 e. The number of methoxy groups -OCH3 is 2. The number of ketones is 1. The molecule has 2 heterocycles. The van der Waals surface area contributed by atoms with Crippen molar-refractivity contribution in [3.63, 3.8) is 0 Å². The van der Waals surface area contributed by atoms with Gasteiger partial charge in [0.2, 0.25) is 0 Å². The number of carbonyl (C=O) groups is 2. The second kappa shape index (κ2) is 12.1. The molecule has 2 aromatic carbocycles. The standard InChI is InChI=1S/C28H34N2O7/c1-4-15-37-22-10-7-20(18-23(22)35-3)25-24(26(31)19-5-8-21(34-2)9-6-19)27(32)28(33)30(25)12-11-29-13-16-36-17-14-29/h5-10,18,25,31H,4,11-17H2,1-3H3/b26-24+/t25-/m1/s1. The highest BCUT2D eigenvalue weighted by Gasteiger charge is 2.46. The molecule has 9 heteroatoms. The van der Waals surface area contributed by atoms with Gasteiger partial charge < -0.3 is 29.0 Å². The van der Waals surface area contributed by atoms with E-state index in [1.165, 1.54) is 4.90 Å². The number of benzene rings is 2. The van der Waals surface area contributed by atoms with Crippen LogP contribution in [0.5, 0.6) is 17.2 Å². The Morgan fingerprint density at radius 3 is 2.38 bits per heavy atom. The smallest absolute Gasteiger partial charge is 0.295 e. The molecule has 0 radical (unpaired) electrons. The number of ether oxygens (including phenoxy) is 4. The highest BCUT2D eigenvalue weighted by atomic mass is 16.5. The zero-order chi connectivity index (χ0) is 26.4. The van der Waals surface area contributed by atoms with Crippen molar-refractivity contribution in [1.82, 2.24) is 9.80 Å². The Bertz CT molecular complexity index is 1140. The summed E-state index contributed by atoms with van der Waals surface area (Å²) in [6.45, 7) is 6.25. The third-order valence-electron chi connectivity index (χ3n) is 6.63. The predicted octanol–water partition coefficient (Wildman–Crippen LogP) is 3.25. The molecule has 0 aromatic heterocycles. The van der Waals surface area contributed by atoms with E-state index in [2.05, 4.69) is 4.90 Å². The average molecular weight is 511 g/mol. The van der Waals surface area contributed by atoms with Crippen molar-refractivity contribution in [1.29, 1.82) is 0 Å². The minimum Gasteiger partial charge on any atom is -0.507 e. The summed E-state index contributed by atoms with van der Waals surface area (Å²) in [5, 5.41) is 11.3. The fraction of sp³-hybridized carbons (Fsp3) is 0.429. The number of hydrogen-bond donors (Lipinski definition) is 1. The van der Waals surface area contributed by atoms with Crippen LogP contribution < -0.4 is 14.2 Å². The van der Waals surface area contributed by atoms with Gasteiger partial charge >= 0.3 is 0 Å². The Morgan fingerprint density at radius 2 is 1.73 bits per heavy atom.